The lowest BCUT2D eigenvalue weighted by atomic mass is 9.75. The van der Waals surface area contributed by atoms with E-state index in [1.54, 1.807) is 0 Å². The first-order valence-corrected chi connectivity index (χ1v) is 15.0. The van der Waals surface area contributed by atoms with E-state index in [1.165, 1.54) is 33.4 Å². The Morgan fingerprint density at radius 3 is 1.39 bits per heavy atom. The van der Waals surface area contributed by atoms with E-state index in [1.807, 2.05) is 0 Å². The molecule has 0 aliphatic heterocycles. The Morgan fingerprint density at radius 1 is 0.512 bits per heavy atom. The van der Waals surface area contributed by atoms with Crippen LogP contribution in [0.5, 0.6) is 0 Å². The van der Waals surface area contributed by atoms with Gasteiger partial charge in [0.15, 0.2) is 0 Å². The highest BCUT2D eigenvalue weighted by molar-refractivity contribution is 5.78. The third kappa shape index (κ3) is 6.58. The summed E-state index contributed by atoms with van der Waals surface area (Å²) in [5, 5.41) is 5.23. The van der Waals surface area contributed by atoms with Crippen LogP contribution in [-0.4, -0.2) is 9.78 Å². The molecule has 0 saturated carbocycles. The third-order valence-corrected chi connectivity index (χ3v) is 7.81. The maximum Gasteiger partial charge on any atom is 0.0862 e. The number of hydrogen-bond donors (Lipinski definition) is 0. The molecule has 0 unspecified atom stereocenters. The lowest BCUT2D eigenvalue weighted by Gasteiger charge is -2.30. The van der Waals surface area contributed by atoms with Gasteiger partial charge in [0.05, 0.1) is 17.1 Å². The van der Waals surface area contributed by atoms with Gasteiger partial charge in [-0.15, -0.1) is 0 Å². The number of nitrogens with zero attached hydrogens (tertiary/aromatic N) is 2. The highest BCUT2D eigenvalue weighted by atomic mass is 15.3. The summed E-state index contributed by atoms with van der Waals surface area (Å²) in [6, 6.07) is 26.4. The van der Waals surface area contributed by atoms with Gasteiger partial charge in [-0.3, -0.25) is 0 Å². The summed E-state index contributed by atoms with van der Waals surface area (Å²) >= 11 is 0. The Kier molecular flexibility index (Phi) is 8.04. The molecule has 41 heavy (non-hydrogen) atoms. The lowest BCUT2D eigenvalue weighted by Crippen LogP contribution is -2.20. The van der Waals surface area contributed by atoms with Crippen LogP contribution >= 0.6 is 0 Å². The lowest BCUT2D eigenvalue weighted by molar-refractivity contribution is 0.566. The molecule has 216 valence electrons. The van der Waals surface area contributed by atoms with E-state index in [0.717, 1.165) is 17.1 Å². The Labute approximate surface area is 249 Å². The first-order valence-electron chi connectivity index (χ1n) is 15.0. The van der Waals surface area contributed by atoms with Crippen molar-refractivity contribution in [3.63, 3.8) is 0 Å². The number of aromatic nitrogens is 2. The van der Waals surface area contributed by atoms with E-state index < -0.39 is 0 Å². The molecule has 4 rings (SSSR count). The van der Waals surface area contributed by atoms with Gasteiger partial charge in [0, 0.05) is 5.56 Å². The Balaban J connectivity index is 2.01. The molecule has 0 radical (unpaired) electrons. The monoisotopic (exact) mass is 546 g/mol. The summed E-state index contributed by atoms with van der Waals surface area (Å²) < 4.78 is 2.14. The van der Waals surface area contributed by atoms with Gasteiger partial charge in [-0.05, 0) is 73.8 Å². The second-order valence-electron chi connectivity index (χ2n) is 15.5. The predicted molar refractivity (Wildman–Crippen MR) is 179 cm³/mol. The van der Waals surface area contributed by atoms with Crippen molar-refractivity contribution in [2.24, 2.45) is 0 Å². The van der Waals surface area contributed by atoms with E-state index in [9.17, 15) is 0 Å². The molecule has 0 spiro atoms. The van der Waals surface area contributed by atoms with Gasteiger partial charge < -0.3 is 0 Å². The molecule has 0 fully saturated rings. The van der Waals surface area contributed by atoms with Crippen LogP contribution in [0.15, 0.2) is 72.8 Å². The normalized spacial score (nSPS) is 13.3. The molecular weight excluding hydrogens is 496 g/mol. The fourth-order valence-electron chi connectivity index (χ4n) is 5.72. The van der Waals surface area contributed by atoms with Gasteiger partial charge in [-0.25, -0.2) is 4.68 Å². The minimum atomic E-state index is -0.0222. The fraction of sp³-hybridized carbons (Fsp3) is 0.410. The number of hydrogen-bond acceptors (Lipinski definition) is 1. The highest BCUT2D eigenvalue weighted by Gasteiger charge is 2.29. The first kappa shape index (κ1) is 30.6. The first-order chi connectivity index (χ1) is 18.9. The molecule has 0 aliphatic carbocycles. The second-order valence-corrected chi connectivity index (χ2v) is 15.5. The standard InChI is InChI=1S/C39H50N2/c1-36(2,3)30-20-16-21-31(37(4,5)6)29(30)25-24-27-26-34(41(40-27)28-18-14-13-15-19-28)35-32(38(7,8)9)22-17-23-33(35)39(10,11)12/h13-26H,1-12H3. The summed E-state index contributed by atoms with van der Waals surface area (Å²) in [6.45, 7) is 27.6. The van der Waals surface area contributed by atoms with Crippen molar-refractivity contribution in [3.05, 3.63) is 106 Å². The molecule has 4 aromatic rings. The summed E-state index contributed by atoms with van der Waals surface area (Å²) in [5.74, 6) is 0. The van der Waals surface area contributed by atoms with Crippen LogP contribution < -0.4 is 0 Å². The molecule has 0 amide bonds. The Bertz CT molecular complexity index is 1470. The van der Waals surface area contributed by atoms with Crippen LogP contribution in [0.25, 0.3) is 29.1 Å². The van der Waals surface area contributed by atoms with Crippen molar-refractivity contribution in [2.45, 2.75) is 105 Å². The molecule has 0 atom stereocenters. The molecule has 0 aliphatic rings. The SMILES string of the molecule is CC(C)(C)c1cccc(C(C)(C)C)c1C=Cc1cc(-c2c(C(C)(C)C)cccc2C(C)(C)C)n(-c2ccccc2)n1. The van der Waals surface area contributed by atoms with Crippen LogP contribution in [0.4, 0.5) is 0 Å². The van der Waals surface area contributed by atoms with Crippen LogP contribution in [0.3, 0.4) is 0 Å². The minimum Gasteiger partial charge on any atom is -0.232 e. The predicted octanol–water partition coefficient (Wildman–Crippen LogP) is 10.9. The number of rotatable bonds is 4. The summed E-state index contributed by atoms with van der Waals surface area (Å²) in [7, 11) is 0. The molecule has 3 aromatic carbocycles. The molecule has 2 heteroatoms. The van der Waals surface area contributed by atoms with Crippen molar-refractivity contribution in [1.82, 2.24) is 9.78 Å². The zero-order chi connectivity index (χ0) is 30.4. The van der Waals surface area contributed by atoms with Crippen LogP contribution in [0.1, 0.15) is 117 Å². The quantitative estimate of drug-likeness (QED) is 0.249. The average Bonchev–Trinajstić information content (AvgIpc) is 3.29. The molecule has 0 saturated heterocycles. The van der Waals surface area contributed by atoms with Crippen LogP contribution in [0.2, 0.25) is 0 Å². The molecule has 2 nitrogen and oxygen atoms in total. The summed E-state index contributed by atoms with van der Waals surface area (Å²) in [6.07, 6.45) is 4.50. The molecular formula is C39H50N2. The van der Waals surface area contributed by atoms with Crippen LogP contribution in [0, 0.1) is 0 Å². The minimum absolute atomic E-state index is 0.0222. The maximum absolute atomic E-state index is 5.23. The zero-order valence-corrected chi connectivity index (χ0v) is 27.5. The molecule has 1 heterocycles. The Morgan fingerprint density at radius 2 is 0.951 bits per heavy atom. The van der Waals surface area contributed by atoms with Crippen molar-refractivity contribution in [2.75, 3.05) is 0 Å². The third-order valence-electron chi connectivity index (χ3n) is 7.81. The second kappa shape index (κ2) is 10.8. The van der Waals surface area contributed by atoms with Gasteiger partial charge in [-0.1, -0.05) is 144 Å². The summed E-state index contributed by atoms with van der Waals surface area (Å²) in [4.78, 5) is 0. The van der Waals surface area contributed by atoms with E-state index in [0.29, 0.717) is 0 Å². The zero-order valence-electron chi connectivity index (χ0n) is 27.5. The average molecular weight is 547 g/mol. The molecule has 0 N–H and O–H groups in total. The van der Waals surface area contributed by atoms with Crippen molar-refractivity contribution < 1.29 is 0 Å². The molecule has 0 bridgehead atoms. The largest absolute Gasteiger partial charge is 0.232 e. The Hall–Kier alpha value is -3.39. The van der Waals surface area contributed by atoms with Crippen molar-refractivity contribution >= 4 is 12.2 Å². The van der Waals surface area contributed by atoms with E-state index in [-0.39, 0.29) is 21.7 Å². The van der Waals surface area contributed by atoms with Crippen LogP contribution in [-0.2, 0) is 21.7 Å². The molecule has 1 aromatic heterocycles. The van der Waals surface area contributed by atoms with Crippen molar-refractivity contribution in [3.8, 4) is 16.9 Å². The van der Waals surface area contributed by atoms with Gasteiger partial charge >= 0.3 is 0 Å². The van der Waals surface area contributed by atoms with E-state index >= 15 is 0 Å². The summed E-state index contributed by atoms with van der Waals surface area (Å²) in [5.41, 5.74) is 11.1. The maximum atomic E-state index is 5.23. The highest BCUT2D eigenvalue weighted by Crippen LogP contribution is 2.42. The number of benzene rings is 3. The topological polar surface area (TPSA) is 17.8 Å². The number of para-hydroxylation sites is 1. The fourth-order valence-corrected chi connectivity index (χ4v) is 5.72. The van der Waals surface area contributed by atoms with Gasteiger partial charge in [0.25, 0.3) is 0 Å². The van der Waals surface area contributed by atoms with Gasteiger partial charge in [0.2, 0.25) is 0 Å². The van der Waals surface area contributed by atoms with E-state index in [2.05, 4.69) is 173 Å². The smallest absolute Gasteiger partial charge is 0.0862 e. The van der Waals surface area contributed by atoms with Gasteiger partial charge in [-0.2, -0.15) is 5.10 Å². The van der Waals surface area contributed by atoms with E-state index in [4.69, 9.17) is 5.10 Å². The van der Waals surface area contributed by atoms with Crippen molar-refractivity contribution in [1.29, 1.82) is 0 Å². The van der Waals surface area contributed by atoms with Gasteiger partial charge in [0.1, 0.15) is 0 Å².